The van der Waals surface area contributed by atoms with Crippen molar-refractivity contribution in [2.75, 3.05) is 32.8 Å². The maximum Gasteiger partial charge on any atom is 0.0431 e. The predicted molar refractivity (Wildman–Crippen MR) is 96.6 cm³/mol. The summed E-state index contributed by atoms with van der Waals surface area (Å²) in [5, 5.41) is 9.19. The van der Waals surface area contributed by atoms with E-state index in [1.807, 2.05) is 0 Å². The summed E-state index contributed by atoms with van der Waals surface area (Å²) in [5.74, 6) is 1.79. The van der Waals surface area contributed by atoms with Crippen LogP contribution in [0.1, 0.15) is 65.7 Å². The summed E-state index contributed by atoms with van der Waals surface area (Å²) in [5.41, 5.74) is 0.380. The first-order chi connectivity index (χ1) is 11.0. The van der Waals surface area contributed by atoms with Gasteiger partial charge in [0.15, 0.2) is 0 Å². The highest BCUT2D eigenvalue weighted by molar-refractivity contribution is 5.02. The van der Waals surface area contributed by atoms with Gasteiger partial charge in [0.25, 0.3) is 0 Å². The Balaban J connectivity index is 1.77. The van der Waals surface area contributed by atoms with Crippen molar-refractivity contribution in [2.24, 2.45) is 17.3 Å². The summed E-state index contributed by atoms with van der Waals surface area (Å²) >= 11 is 0. The molecule has 0 aromatic heterocycles. The molecule has 3 heteroatoms. The molecule has 0 bridgehead atoms. The van der Waals surface area contributed by atoms with E-state index >= 15 is 0 Å². The quantitative estimate of drug-likeness (QED) is 0.786. The van der Waals surface area contributed by atoms with Crippen molar-refractivity contribution in [1.82, 2.24) is 9.80 Å². The lowest BCUT2D eigenvalue weighted by Crippen LogP contribution is -2.65. The van der Waals surface area contributed by atoms with Crippen LogP contribution in [0.4, 0.5) is 0 Å². The number of unbranched alkanes of at least 4 members (excludes halogenated alkanes) is 1. The van der Waals surface area contributed by atoms with Gasteiger partial charge in [-0.1, -0.05) is 20.8 Å². The molecule has 0 aromatic rings. The highest BCUT2D eigenvalue weighted by atomic mass is 16.2. The monoisotopic (exact) mass is 322 g/mol. The van der Waals surface area contributed by atoms with Gasteiger partial charge in [-0.15, -0.1) is 0 Å². The van der Waals surface area contributed by atoms with Crippen molar-refractivity contribution >= 4 is 0 Å². The number of aliphatic hydroxyl groups excluding tert-OH is 1. The number of hydrogen-bond donors (Lipinski definition) is 1. The lowest BCUT2D eigenvalue weighted by Gasteiger charge is -2.58. The third kappa shape index (κ3) is 4.11. The van der Waals surface area contributed by atoms with Crippen LogP contribution in [0.3, 0.4) is 0 Å². The van der Waals surface area contributed by atoms with E-state index in [0.717, 1.165) is 30.3 Å². The summed E-state index contributed by atoms with van der Waals surface area (Å²) in [6.07, 6.45) is 9.14. The first-order valence-corrected chi connectivity index (χ1v) is 10.1. The lowest BCUT2D eigenvalue weighted by molar-refractivity contribution is -0.0857. The molecular formula is C20H38N2O. The summed E-state index contributed by atoms with van der Waals surface area (Å²) in [6, 6.07) is 1.62. The maximum absolute atomic E-state index is 9.19. The molecule has 134 valence electrons. The predicted octanol–water partition coefficient (Wildman–Crippen LogP) is 3.37. The fourth-order valence-electron chi connectivity index (χ4n) is 5.74. The van der Waals surface area contributed by atoms with Crippen LogP contribution in [-0.2, 0) is 0 Å². The molecule has 0 aliphatic carbocycles. The molecule has 3 saturated heterocycles. The van der Waals surface area contributed by atoms with Crippen LogP contribution in [0.2, 0.25) is 0 Å². The van der Waals surface area contributed by atoms with E-state index < -0.39 is 0 Å². The highest BCUT2D eigenvalue weighted by Crippen LogP contribution is 2.43. The van der Waals surface area contributed by atoms with E-state index in [-0.39, 0.29) is 0 Å². The summed E-state index contributed by atoms with van der Waals surface area (Å²) < 4.78 is 0. The molecule has 3 aliphatic heterocycles. The largest absolute Gasteiger partial charge is 0.396 e. The molecule has 1 N–H and O–H groups in total. The van der Waals surface area contributed by atoms with Crippen molar-refractivity contribution in [2.45, 2.75) is 77.8 Å². The summed E-state index contributed by atoms with van der Waals surface area (Å²) in [6.45, 7) is 12.8. The second-order valence-corrected chi connectivity index (χ2v) is 9.51. The zero-order valence-electron chi connectivity index (χ0n) is 15.6. The van der Waals surface area contributed by atoms with Gasteiger partial charge < -0.3 is 5.11 Å². The van der Waals surface area contributed by atoms with Crippen LogP contribution in [0.5, 0.6) is 0 Å². The third-order valence-electron chi connectivity index (χ3n) is 6.36. The Morgan fingerprint density at radius 2 is 1.78 bits per heavy atom. The van der Waals surface area contributed by atoms with E-state index in [4.69, 9.17) is 0 Å². The minimum absolute atomic E-state index is 0.356. The summed E-state index contributed by atoms with van der Waals surface area (Å²) in [4.78, 5) is 5.70. The third-order valence-corrected chi connectivity index (χ3v) is 6.36. The molecule has 3 rings (SSSR count). The van der Waals surface area contributed by atoms with E-state index in [2.05, 4.69) is 30.6 Å². The van der Waals surface area contributed by atoms with Gasteiger partial charge in [-0.3, -0.25) is 9.80 Å². The van der Waals surface area contributed by atoms with Crippen molar-refractivity contribution in [3.8, 4) is 0 Å². The minimum Gasteiger partial charge on any atom is -0.396 e. The zero-order valence-corrected chi connectivity index (χ0v) is 15.6. The fraction of sp³-hybridized carbons (Fsp3) is 1.00. The Morgan fingerprint density at radius 3 is 2.48 bits per heavy atom. The van der Waals surface area contributed by atoms with Gasteiger partial charge >= 0.3 is 0 Å². The molecule has 23 heavy (non-hydrogen) atoms. The molecule has 0 spiro atoms. The molecule has 3 aliphatic rings. The second-order valence-electron chi connectivity index (χ2n) is 9.51. The molecule has 0 amide bonds. The van der Waals surface area contributed by atoms with Crippen LogP contribution in [0, 0.1) is 17.3 Å². The molecule has 4 atom stereocenters. The lowest BCUT2D eigenvalue weighted by atomic mass is 9.68. The van der Waals surface area contributed by atoms with E-state index in [9.17, 15) is 5.11 Å². The zero-order chi connectivity index (χ0) is 16.4. The Bertz CT molecular complexity index is 376. The number of likely N-dealkylation sites (tertiary alicyclic amines) is 1. The van der Waals surface area contributed by atoms with Crippen molar-refractivity contribution in [3.05, 3.63) is 0 Å². The fourth-order valence-corrected chi connectivity index (χ4v) is 5.74. The highest BCUT2D eigenvalue weighted by Gasteiger charge is 2.48. The van der Waals surface area contributed by atoms with Gasteiger partial charge in [0.1, 0.15) is 0 Å². The Labute approximate surface area is 143 Å². The average molecular weight is 323 g/mol. The van der Waals surface area contributed by atoms with Crippen LogP contribution < -0.4 is 0 Å². The molecule has 0 radical (unpaired) electrons. The van der Waals surface area contributed by atoms with Gasteiger partial charge in [0.2, 0.25) is 0 Å². The van der Waals surface area contributed by atoms with E-state index in [1.165, 1.54) is 64.7 Å². The number of rotatable bonds is 5. The molecule has 3 fully saturated rings. The number of piperidine rings is 3. The SMILES string of the molecule is CC(C)(C)CN1C[C@H]2CCCN3CCC[C@@H]([C@H]23)[C@H]1CCCCO. The molecule has 0 saturated carbocycles. The minimum atomic E-state index is 0.356. The first kappa shape index (κ1) is 17.7. The van der Waals surface area contributed by atoms with Crippen molar-refractivity contribution < 1.29 is 5.11 Å². The maximum atomic E-state index is 9.19. The second kappa shape index (κ2) is 7.41. The normalized spacial score (nSPS) is 36.0. The summed E-state index contributed by atoms with van der Waals surface area (Å²) in [7, 11) is 0. The smallest absolute Gasteiger partial charge is 0.0431 e. The van der Waals surface area contributed by atoms with Gasteiger partial charge in [0, 0.05) is 31.8 Å². The Hall–Kier alpha value is -0.120. The van der Waals surface area contributed by atoms with Gasteiger partial charge in [-0.25, -0.2) is 0 Å². The molecule has 3 nitrogen and oxygen atoms in total. The molecule has 0 aromatic carbocycles. The van der Waals surface area contributed by atoms with Crippen LogP contribution in [0.15, 0.2) is 0 Å². The number of aliphatic hydroxyl groups is 1. The Kier molecular flexibility index (Phi) is 5.70. The average Bonchev–Trinajstić information content (AvgIpc) is 2.49. The van der Waals surface area contributed by atoms with Crippen LogP contribution in [0.25, 0.3) is 0 Å². The van der Waals surface area contributed by atoms with Crippen molar-refractivity contribution in [3.63, 3.8) is 0 Å². The molecular weight excluding hydrogens is 284 g/mol. The van der Waals surface area contributed by atoms with Crippen LogP contribution >= 0.6 is 0 Å². The van der Waals surface area contributed by atoms with Gasteiger partial charge in [0.05, 0.1) is 0 Å². The van der Waals surface area contributed by atoms with E-state index in [1.54, 1.807) is 0 Å². The molecule has 3 heterocycles. The Morgan fingerprint density at radius 1 is 1.04 bits per heavy atom. The van der Waals surface area contributed by atoms with Gasteiger partial charge in [-0.2, -0.15) is 0 Å². The van der Waals surface area contributed by atoms with Crippen LogP contribution in [-0.4, -0.2) is 59.8 Å². The number of nitrogens with zero attached hydrogens (tertiary/aromatic N) is 2. The number of hydrogen-bond acceptors (Lipinski definition) is 3. The standard InChI is InChI=1S/C20H38N2O/c1-20(2,3)15-22-14-16-8-6-11-21-12-7-9-17(19(16)21)18(22)10-4-5-13-23/h16-19,23H,4-15H2,1-3H3/t16-,17-,18-,19+/m1/s1. The first-order valence-electron chi connectivity index (χ1n) is 10.1. The van der Waals surface area contributed by atoms with E-state index in [0.29, 0.717) is 12.0 Å². The van der Waals surface area contributed by atoms with Crippen molar-refractivity contribution in [1.29, 1.82) is 0 Å². The van der Waals surface area contributed by atoms with Gasteiger partial charge in [-0.05, 0) is 75.3 Å². The molecule has 0 unspecified atom stereocenters. The topological polar surface area (TPSA) is 26.7 Å².